The fourth-order valence-corrected chi connectivity index (χ4v) is 4.20. The number of likely N-dealkylation sites (tertiary alicyclic amines) is 1. The lowest BCUT2D eigenvalue weighted by Crippen LogP contribution is -2.47. The second-order valence-electron chi connectivity index (χ2n) is 5.63. The monoisotopic (exact) mass is 311 g/mol. The summed E-state index contributed by atoms with van der Waals surface area (Å²) in [6, 6.07) is 7.48. The van der Waals surface area contributed by atoms with Crippen LogP contribution in [-0.2, 0) is 22.3 Å². The van der Waals surface area contributed by atoms with Crippen LogP contribution in [0.1, 0.15) is 30.9 Å². The molecular weight excluding hydrogens is 286 g/mol. The number of piperidine rings is 1. The highest BCUT2D eigenvalue weighted by atomic mass is 32.2. The third-order valence-corrected chi connectivity index (χ3v) is 5.29. The summed E-state index contributed by atoms with van der Waals surface area (Å²) in [6.45, 7) is 5.37. The van der Waals surface area contributed by atoms with E-state index in [1.54, 1.807) is 0 Å². The smallest absolute Gasteiger partial charge is 0.216 e. The van der Waals surface area contributed by atoms with Crippen molar-refractivity contribution in [2.24, 2.45) is 5.73 Å². The Kier molecular flexibility index (Phi) is 5.75. The Labute approximate surface area is 127 Å². The number of nitrogens with one attached hydrogen (secondary N) is 1. The molecule has 1 aromatic carbocycles. The van der Waals surface area contributed by atoms with Crippen molar-refractivity contribution in [2.45, 2.75) is 38.1 Å². The molecule has 1 unspecified atom stereocenters. The standard InChI is InChI=1S/C15H25N3O2S/c1-2-18-8-4-7-15(11-18)17-21(19,20)12-14-6-3-5-13(9-14)10-16/h3,5-6,9,15,17H,2,4,7-8,10-12,16H2,1H3. The molecule has 3 N–H and O–H groups in total. The minimum atomic E-state index is -3.31. The molecule has 118 valence electrons. The maximum atomic E-state index is 12.3. The highest BCUT2D eigenvalue weighted by molar-refractivity contribution is 7.88. The lowest BCUT2D eigenvalue weighted by Gasteiger charge is -2.32. The van der Waals surface area contributed by atoms with E-state index in [4.69, 9.17) is 5.73 Å². The molecule has 1 fully saturated rings. The molecule has 1 aliphatic rings. The predicted molar refractivity (Wildman–Crippen MR) is 85.2 cm³/mol. The number of rotatable bonds is 6. The number of hydrogen-bond acceptors (Lipinski definition) is 4. The summed E-state index contributed by atoms with van der Waals surface area (Å²) in [6.07, 6.45) is 1.96. The SMILES string of the molecule is CCN1CCCC(NS(=O)(=O)Cc2cccc(CN)c2)C1. The largest absolute Gasteiger partial charge is 0.326 e. The first kappa shape index (κ1) is 16.4. The van der Waals surface area contributed by atoms with Crippen LogP contribution in [0.25, 0.3) is 0 Å². The van der Waals surface area contributed by atoms with E-state index in [0.29, 0.717) is 6.54 Å². The van der Waals surface area contributed by atoms with Gasteiger partial charge in [-0.2, -0.15) is 0 Å². The van der Waals surface area contributed by atoms with E-state index in [-0.39, 0.29) is 11.8 Å². The van der Waals surface area contributed by atoms with Gasteiger partial charge in [-0.15, -0.1) is 0 Å². The molecule has 1 heterocycles. The Morgan fingerprint density at radius 3 is 2.86 bits per heavy atom. The van der Waals surface area contributed by atoms with E-state index in [2.05, 4.69) is 16.5 Å². The fourth-order valence-electron chi connectivity index (χ4n) is 2.80. The minimum Gasteiger partial charge on any atom is -0.326 e. The van der Waals surface area contributed by atoms with Gasteiger partial charge in [-0.05, 0) is 37.1 Å². The fraction of sp³-hybridized carbons (Fsp3) is 0.600. The van der Waals surface area contributed by atoms with Crippen molar-refractivity contribution in [3.8, 4) is 0 Å². The van der Waals surface area contributed by atoms with Crippen LogP contribution >= 0.6 is 0 Å². The molecule has 21 heavy (non-hydrogen) atoms. The molecule has 2 rings (SSSR count). The molecule has 0 spiro atoms. The number of likely N-dealkylation sites (N-methyl/N-ethyl adjacent to an activating group) is 1. The second kappa shape index (κ2) is 7.35. The molecule has 0 saturated carbocycles. The lowest BCUT2D eigenvalue weighted by molar-refractivity contribution is 0.211. The van der Waals surface area contributed by atoms with Crippen LogP contribution in [0.3, 0.4) is 0 Å². The van der Waals surface area contributed by atoms with E-state index in [1.165, 1.54) is 0 Å². The quantitative estimate of drug-likeness (QED) is 0.823. The summed E-state index contributed by atoms with van der Waals surface area (Å²) >= 11 is 0. The Bertz CT molecular complexity index is 560. The van der Waals surface area contributed by atoms with Crippen LogP contribution in [0.15, 0.2) is 24.3 Å². The van der Waals surface area contributed by atoms with Crippen molar-refractivity contribution in [1.29, 1.82) is 0 Å². The summed E-state index contributed by atoms with van der Waals surface area (Å²) in [7, 11) is -3.31. The normalized spacial score (nSPS) is 20.6. The molecule has 0 amide bonds. The van der Waals surface area contributed by atoms with Gasteiger partial charge in [0.1, 0.15) is 0 Å². The zero-order chi connectivity index (χ0) is 15.3. The van der Waals surface area contributed by atoms with E-state index < -0.39 is 10.0 Å². The van der Waals surface area contributed by atoms with Gasteiger partial charge in [0, 0.05) is 19.1 Å². The van der Waals surface area contributed by atoms with Gasteiger partial charge >= 0.3 is 0 Å². The van der Waals surface area contributed by atoms with Crippen LogP contribution in [0.2, 0.25) is 0 Å². The van der Waals surface area contributed by atoms with Crippen molar-refractivity contribution >= 4 is 10.0 Å². The predicted octanol–water partition coefficient (Wildman–Crippen LogP) is 1.05. The number of nitrogens with two attached hydrogens (primary N) is 1. The summed E-state index contributed by atoms with van der Waals surface area (Å²) < 4.78 is 27.4. The van der Waals surface area contributed by atoms with Gasteiger partial charge < -0.3 is 10.6 Å². The first-order valence-electron chi connectivity index (χ1n) is 7.52. The zero-order valence-electron chi connectivity index (χ0n) is 12.6. The van der Waals surface area contributed by atoms with Gasteiger partial charge in [-0.1, -0.05) is 31.2 Å². The van der Waals surface area contributed by atoms with Crippen molar-refractivity contribution in [2.75, 3.05) is 19.6 Å². The van der Waals surface area contributed by atoms with E-state index in [0.717, 1.165) is 43.6 Å². The van der Waals surface area contributed by atoms with Crippen molar-refractivity contribution in [1.82, 2.24) is 9.62 Å². The Morgan fingerprint density at radius 2 is 2.14 bits per heavy atom. The van der Waals surface area contributed by atoms with Crippen LogP contribution in [0.5, 0.6) is 0 Å². The Balaban J connectivity index is 1.98. The topological polar surface area (TPSA) is 75.4 Å². The molecule has 1 aliphatic heterocycles. The average Bonchev–Trinajstić information content (AvgIpc) is 2.46. The molecule has 0 aromatic heterocycles. The number of sulfonamides is 1. The highest BCUT2D eigenvalue weighted by Gasteiger charge is 2.23. The van der Waals surface area contributed by atoms with E-state index in [1.807, 2.05) is 24.3 Å². The first-order chi connectivity index (χ1) is 10.0. The maximum absolute atomic E-state index is 12.3. The minimum absolute atomic E-state index is 0.0173. The van der Waals surface area contributed by atoms with Crippen LogP contribution in [-0.4, -0.2) is 39.0 Å². The van der Waals surface area contributed by atoms with Crippen molar-refractivity contribution < 1.29 is 8.42 Å². The number of hydrogen-bond donors (Lipinski definition) is 2. The highest BCUT2D eigenvalue weighted by Crippen LogP contribution is 2.13. The number of nitrogens with zero attached hydrogens (tertiary/aromatic N) is 1. The average molecular weight is 311 g/mol. The van der Waals surface area contributed by atoms with Gasteiger partial charge in [0.2, 0.25) is 10.0 Å². The van der Waals surface area contributed by atoms with Crippen LogP contribution in [0, 0.1) is 0 Å². The summed E-state index contributed by atoms with van der Waals surface area (Å²) in [5.74, 6) is 0.0173. The third kappa shape index (κ3) is 5.07. The zero-order valence-corrected chi connectivity index (χ0v) is 13.4. The van der Waals surface area contributed by atoms with Crippen LogP contribution in [0.4, 0.5) is 0 Å². The van der Waals surface area contributed by atoms with Gasteiger partial charge in [0.05, 0.1) is 5.75 Å². The number of benzene rings is 1. The van der Waals surface area contributed by atoms with E-state index in [9.17, 15) is 8.42 Å². The van der Waals surface area contributed by atoms with Gasteiger partial charge in [0.25, 0.3) is 0 Å². The summed E-state index contributed by atoms with van der Waals surface area (Å²) in [5, 5.41) is 0. The maximum Gasteiger partial charge on any atom is 0.216 e. The summed E-state index contributed by atoms with van der Waals surface area (Å²) in [5.41, 5.74) is 7.33. The molecule has 5 nitrogen and oxygen atoms in total. The lowest BCUT2D eigenvalue weighted by atomic mass is 10.1. The molecule has 0 bridgehead atoms. The first-order valence-corrected chi connectivity index (χ1v) is 9.18. The van der Waals surface area contributed by atoms with Crippen molar-refractivity contribution in [3.05, 3.63) is 35.4 Å². The third-order valence-electron chi connectivity index (χ3n) is 3.88. The Hall–Kier alpha value is -0.950. The van der Waals surface area contributed by atoms with Gasteiger partial charge in [-0.3, -0.25) is 0 Å². The molecule has 0 aliphatic carbocycles. The molecule has 1 saturated heterocycles. The van der Waals surface area contributed by atoms with Gasteiger partial charge in [-0.25, -0.2) is 13.1 Å². The van der Waals surface area contributed by atoms with Gasteiger partial charge in [0.15, 0.2) is 0 Å². The molecule has 6 heteroatoms. The van der Waals surface area contributed by atoms with Crippen LogP contribution < -0.4 is 10.5 Å². The Morgan fingerprint density at radius 1 is 1.38 bits per heavy atom. The molecule has 1 atom stereocenters. The van der Waals surface area contributed by atoms with E-state index >= 15 is 0 Å². The van der Waals surface area contributed by atoms with Crippen molar-refractivity contribution in [3.63, 3.8) is 0 Å². The molecule has 0 radical (unpaired) electrons. The molecular formula is C15H25N3O2S. The second-order valence-corrected chi connectivity index (χ2v) is 7.39. The summed E-state index contributed by atoms with van der Waals surface area (Å²) in [4.78, 5) is 2.28. The molecule has 1 aromatic rings.